The second kappa shape index (κ2) is 10.6. The van der Waals surface area contributed by atoms with Gasteiger partial charge in [-0.15, -0.1) is 6.42 Å². The first kappa shape index (κ1) is 19.1. The van der Waals surface area contributed by atoms with Crippen LogP contribution in [-0.2, 0) is 0 Å². The van der Waals surface area contributed by atoms with Crippen LogP contribution in [0.2, 0.25) is 0 Å². The smallest absolute Gasteiger partial charge is 0.192 e. The van der Waals surface area contributed by atoms with Crippen LogP contribution in [0, 0.1) is 12.3 Å². The topological polar surface area (TPSA) is 48.9 Å². The van der Waals surface area contributed by atoms with Crippen molar-refractivity contribution in [2.75, 3.05) is 39.8 Å². The van der Waals surface area contributed by atoms with E-state index >= 15 is 0 Å². The number of ether oxygens (including phenoxy) is 1. The molecule has 1 aliphatic heterocycles. The maximum atomic E-state index is 5.35. The van der Waals surface area contributed by atoms with Gasteiger partial charge in [0.25, 0.3) is 0 Å². The highest BCUT2D eigenvalue weighted by Gasteiger charge is 2.22. The lowest BCUT2D eigenvalue weighted by Gasteiger charge is -2.34. The summed E-state index contributed by atoms with van der Waals surface area (Å²) in [4.78, 5) is 7.31. The molecule has 1 heterocycles. The van der Waals surface area contributed by atoms with E-state index in [1.165, 1.54) is 24.8 Å². The van der Waals surface area contributed by atoms with E-state index in [9.17, 15) is 0 Å². The number of likely N-dealkylation sites (tertiary alicyclic amines) is 1. The van der Waals surface area contributed by atoms with Gasteiger partial charge in [0.15, 0.2) is 5.96 Å². The molecule has 0 aromatic heterocycles. The quantitative estimate of drug-likeness (QED) is 0.454. The van der Waals surface area contributed by atoms with Crippen LogP contribution in [0.25, 0.3) is 0 Å². The van der Waals surface area contributed by atoms with E-state index in [-0.39, 0.29) is 6.04 Å². The van der Waals surface area contributed by atoms with Gasteiger partial charge in [-0.05, 0) is 50.6 Å². The summed E-state index contributed by atoms with van der Waals surface area (Å²) in [6.45, 7) is 6.29. The average molecular weight is 342 g/mol. The fourth-order valence-corrected chi connectivity index (χ4v) is 3.14. The molecule has 0 bridgehead atoms. The lowest BCUT2D eigenvalue weighted by molar-refractivity contribution is 0.167. The molecule has 5 heteroatoms. The molecule has 0 spiro atoms. The van der Waals surface area contributed by atoms with Gasteiger partial charge in [-0.3, -0.25) is 9.89 Å². The molecule has 1 saturated heterocycles. The minimum Gasteiger partial charge on any atom is -0.497 e. The van der Waals surface area contributed by atoms with Crippen LogP contribution in [0.5, 0.6) is 5.75 Å². The van der Waals surface area contributed by atoms with E-state index in [4.69, 9.17) is 16.2 Å². The molecule has 136 valence electrons. The highest BCUT2D eigenvalue weighted by molar-refractivity contribution is 5.80. The van der Waals surface area contributed by atoms with Gasteiger partial charge < -0.3 is 15.4 Å². The zero-order valence-corrected chi connectivity index (χ0v) is 15.4. The molecular formula is C20H30N4O. The predicted octanol–water partition coefficient (Wildman–Crippen LogP) is 2.41. The Kier molecular flexibility index (Phi) is 8.14. The summed E-state index contributed by atoms with van der Waals surface area (Å²) in [5, 5.41) is 6.41. The van der Waals surface area contributed by atoms with E-state index in [2.05, 4.69) is 40.5 Å². The Balaban J connectivity index is 2.16. The van der Waals surface area contributed by atoms with Crippen LogP contribution in [0.15, 0.2) is 29.3 Å². The zero-order valence-electron chi connectivity index (χ0n) is 15.4. The van der Waals surface area contributed by atoms with E-state index in [1.807, 2.05) is 12.1 Å². The van der Waals surface area contributed by atoms with Crippen molar-refractivity contribution in [1.29, 1.82) is 0 Å². The normalized spacial score (nSPS) is 16.8. The molecule has 0 amide bonds. The third kappa shape index (κ3) is 5.99. The van der Waals surface area contributed by atoms with Crippen molar-refractivity contribution >= 4 is 5.96 Å². The molecule has 1 aliphatic rings. The zero-order chi connectivity index (χ0) is 17.9. The summed E-state index contributed by atoms with van der Waals surface area (Å²) in [5.74, 6) is 4.25. The third-order valence-electron chi connectivity index (χ3n) is 4.46. The molecule has 25 heavy (non-hydrogen) atoms. The first-order chi connectivity index (χ1) is 12.3. The molecule has 1 aromatic rings. The second-order valence-electron chi connectivity index (χ2n) is 6.16. The summed E-state index contributed by atoms with van der Waals surface area (Å²) in [6, 6.07) is 8.62. The molecule has 0 aliphatic carbocycles. The number of hydrogen-bond acceptors (Lipinski definition) is 3. The van der Waals surface area contributed by atoms with Gasteiger partial charge in [0.05, 0.1) is 26.2 Å². The molecular weight excluding hydrogens is 312 g/mol. The fraction of sp³-hybridized carbons (Fsp3) is 0.550. The summed E-state index contributed by atoms with van der Waals surface area (Å²) < 4.78 is 5.29. The first-order valence-corrected chi connectivity index (χ1v) is 9.12. The van der Waals surface area contributed by atoms with Gasteiger partial charge in [0.2, 0.25) is 0 Å². The number of rotatable bonds is 7. The number of terminal acetylenes is 1. The Morgan fingerprint density at radius 2 is 1.96 bits per heavy atom. The Morgan fingerprint density at radius 3 is 2.56 bits per heavy atom. The van der Waals surface area contributed by atoms with Crippen LogP contribution in [-0.4, -0.2) is 50.7 Å². The number of methoxy groups -OCH3 is 1. The lowest BCUT2D eigenvalue weighted by Crippen LogP contribution is -2.39. The Hall–Kier alpha value is -2.19. The monoisotopic (exact) mass is 342 g/mol. The molecule has 1 fully saturated rings. The van der Waals surface area contributed by atoms with E-state index in [1.54, 1.807) is 7.11 Å². The van der Waals surface area contributed by atoms with Crippen LogP contribution < -0.4 is 15.4 Å². The minimum absolute atomic E-state index is 0.271. The second-order valence-corrected chi connectivity index (χ2v) is 6.16. The highest BCUT2D eigenvalue weighted by atomic mass is 16.5. The van der Waals surface area contributed by atoms with Crippen molar-refractivity contribution in [3.05, 3.63) is 29.8 Å². The number of benzene rings is 1. The van der Waals surface area contributed by atoms with Crippen LogP contribution in [0.3, 0.4) is 0 Å². The maximum absolute atomic E-state index is 5.35. The van der Waals surface area contributed by atoms with Gasteiger partial charge in [-0.2, -0.15) is 0 Å². The number of piperidine rings is 1. The number of nitrogens with zero attached hydrogens (tertiary/aromatic N) is 2. The van der Waals surface area contributed by atoms with E-state index in [0.717, 1.165) is 31.3 Å². The first-order valence-electron chi connectivity index (χ1n) is 9.12. The van der Waals surface area contributed by atoms with Crippen LogP contribution in [0.4, 0.5) is 0 Å². The SMILES string of the molecule is C#CCNC(=NCC(c1ccc(OC)cc1)N1CCCCC1)NCC. The van der Waals surface area contributed by atoms with Crippen molar-refractivity contribution in [3.63, 3.8) is 0 Å². The Morgan fingerprint density at radius 1 is 1.24 bits per heavy atom. The molecule has 2 N–H and O–H groups in total. The Labute approximate surface area is 151 Å². The van der Waals surface area contributed by atoms with Gasteiger partial charge >= 0.3 is 0 Å². The fourth-order valence-electron chi connectivity index (χ4n) is 3.14. The number of nitrogens with one attached hydrogen (secondary N) is 2. The number of aliphatic imine (C=N–C) groups is 1. The molecule has 2 rings (SSSR count). The van der Waals surface area contributed by atoms with Crippen LogP contribution >= 0.6 is 0 Å². The van der Waals surface area contributed by atoms with Crippen molar-refractivity contribution < 1.29 is 4.74 Å². The Bertz CT molecular complexity index is 570. The van der Waals surface area contributed by atoms with Crippen molar-refractivity contribution in [1.82, 2.24) is 15.5 Å². The summed E-state index contributed by atoms with van der Waals surface area (Å²) in [5.41, 5.74) is 1.28. The maximum Gasteiger partial charge on any atom is 0.192 e. The van der Waals surface area contributed by atoms with E-state index in [0.29, 0.717) is 13.1 Å². The predicted molar refractivity (Wildman–Crippen MR) is 104 cm³/mol. The summed E-state index contributed by atoms with van der Waals surface area (Å²) in [6.07, 6.45) is 9.18. The highest BCUT2D eigenvalue weighted by Crippen LogP contribution is 2.26. The van der Waals surface area contributed by atoms with Gasteiger partial charge in [-0.1, -0.05) is 24.5 Å². The number of hydrogen-bond donors (Lipinski definition) is 2. The average Bonchev–Trinajstić information content (AvgIpc) is 2.67. The molecule has 1 atom stereocenters. The molecule has 1 aromatic carbocycles. The molecule has 0 radical (unpaired) electrons. The van der Waals surface area contributed by atoms with Crippen molar-refractivity contribution in [2.45, 2.75) is 32.2 Å². The number of guanidine groups is 1. The molecule has 5 nitrogen and oxygen atoms in total. The van der Waals surface area contributed by atoms with Crippen molar-refractivity contribution in [3.8, 4) is 18.1 Å². The van der Waals surface area contributed by atoms with Gasteiger partial charge in [0.1, 0.15) is 5.75 Å². The van der Waals surface area contributed by atoms with Gasteiger partial charge in [-0.25, -0.2) is 0 Å². The molecule has 0 saturated carbocycles. The van der Waals surface area contributed by atoms with E-state index < -0.39 is 0 Å². The largest absolute Gasteiger partial charge is 0.497 e. The summed E-state index contributed by atoms with van der Waals surface area (Å²) >= 11 is 0. The van der Waals surface area contributed by atoms with Gasteiger partial charge in [0, 0.05) is 6.54 Å². The standard InChI is InChI=1S/C20H30N4O/c1-4-13-22-20(21-5-2)23-16-19(24-14-7-6-8-15-24)17-9-11-18(25-3)12-10-17/h1,9-12,19H,5-8,13-16H2,2-3H3,(H2,21,22,23). The van der Waals surface area contributed by atoms with Crippen molar-refractivity contribution in [2.24, 2.45) is 4.99 Å². The molecule has 1 unspecified atom stereocenters. The third-order valence-corrected chi connectivity index (χ3v) is 4.46. The minimum atomic E-state index is 0.271. The lowest BCUT2D eigenvalue weighted by atomic mass is 10.0. The van der Waals surface area contributed by atoms with Crippen LogP contribution in [0.1, 0.15) is 37.8 Å². The summed E-state index contributed by atoms with van der Waals surface area (Å²) in [7, 11) is 1.70.